The van der Waals surface area contributed by atoms with Gasteiger partial charge in [0.05, 0.1) is 17.9 Å². The van der Waals surface area contributed by atoms with E-state index in [-0.39, 0.29) is 11.2 Å². The fourth-order valence-corrected chi connectivity index (χ4v) is 2.85. The Labute approximate surface area is 139 Å². The minimum absolute atomic E-state index is 0.0586. The van der Waals surface area contributed by atoms with Crippen LogP contribution in [0.2, 0.25) is 0 Å². The summed E-state index contributed by atoms with van der Waals surface area (Å²) >= 11 is 1.36. The second-order valence-corrected chi connectivity index (χ2v) is 6.17. The molecule has 0 fully saturated rings. The number of carbonyl (C=O) groups excluding carboxylic acids is 1. The van der Waals surface area contributed by atoms with Gasteiger partial charge in [-0.2, -0.15) is 0 Å². The summed E-state index contributed by atoms with van der Waals surface area (Å²) in [7, 11) is 3.50. The molecule has 0 bridgehead atoms. The quantitative estimate of drug-likeness (QED) is 0.622. The van der Waals surface area contributed by atoms with Crippen molar-refractivity contribution in [3.05, 3.63) is 36.9 Å². The first kappa shape index (κ1) is 17.1. The Kier molecular flexibility index (Phi) is 5.81. The SMILES string of the molecule is C=CCNC(=O)C(C)Sc1nnc(-c2ccccc2OC)n1C. The van der Waals surface area contributed by atoms with Gasteiger partial charge in [0.2, 0.25) is 5.91 Å². The maximum Gasteiger partial charge on any atom is 0.233 e. The first-order chi connectivity index (χ1) is 11.1. The van der Waals surface area contributed by atoms with Crippen molar-refractivity contribution in [3.63, 3.8) is 0 Å². The number of carbonyl (C=O) groups is 1. The van der Waals surface area contributed by atoms with Crippen LogP contribution in [-0.2, 0) is 11.8 Å². The lowest BCUT2D eigenvalue weighted by atomic mass is 10.2. The van der Waals surface area contributed by atoms with Gasteiger partial charge in [-0.15, -0.1) is 16.8 Å². The number of thioether (sulfide) groups is 1. The van der Waals surface area contributed by atoms with Crippen LogP contribution in [0.25, 0.3) is 11.4 Å². The van der Waals surface area contributed by atoms with Crippen molar-refractivity contribution in [1.82, 2.24) is 20.1 Å². The van der Waals surface area contributed by atoms with Crippen molar-refractivity contribution in [1.29, 1.82) is 0 Å². The van der Waals surface area contributed by atoms with Crippen molar-refractivity contribution < 1.29 is 9.53 Å². The normalized spacial score (nSPS) is 11.8. The van der Waals surface area contributed by atoms with Gasteiger partial charge in [0.25, 0.3) is 0 Å². The molecule has 122 valence electrons. The number of nitrogens with zero attached hydrogens (tertiary/aromatic N) is 3. The molecule has 1 unspecified atom stereocenters. The van der Waals surface area contributed by atoms with Gasteiger partial charge in [0.1, 0.15) is 5.75 Å². The Morgan fingerprint density at radius 3 is 2.91 bits per heavy atom. The Morgan fingerprint density at radius 2 is 2.22 bits per heavy atom. The summed E-state index contributed by atoms with van der Waals surface area (Å²) in [6.07, 6.45) is 1.65. The predicted octanol–water partition coefficient (Wildman–Crippen LogP) is 2.27. The lowest BCUT2D eigenvalue weighted by molar-refractivity contribution is -0.120. The minimum Gasteiger partial charge on any atom is -0.496 e. The third-order valence-electron chi connectivity index (χ3n) is 3.25. The van der Waals surface area contributed by atoms with Crippen LogP contribution < -0.4 is 10.1 Å². The van der Waals surface area contributed by atoms with Crippen molar-refractivity contribution in [2.75, 3.05) is 13.7 Å². The fourth-order valence-electron chi connectivity index (χ4n) is 2.01. The molecular weight excluding hydrogens is 312 g/mol. The van der Waals surface area contributed by atoms with Crippen molar-refractivity contribution >= 4 is 17.7 Å². The van der Waals surface area contributed by atoms with Crippen molar-refractivity contribution in [2.45, 2.75) is 17.3 Å². The monoisotopic (exact) mass is 332 g/mol. The molecule has 2 aromatic rings. The Morgan fingerprint density at radius 1 is 1.48 bits per heavy atom. The molecule has 1 amide bonds. The van der Waals surface area contributed by atoms with Gasteiger partial charge in [-0.1, -0.05) is 30.0 Å². The predicted molar refractivity (Wildman–Crippen MR) is 91.5 cm³/mol. The molecule has 23 heavy (non-hydrogen) atoms. The van der Waals surface area contributed by atoms with Gasteiger partial charge in [0, 0.05) is 13.6 Å². The number of benzene rings is 1. The van der Waals surface area contributed by atoms with Crippen LogP contribution in [0.4, 0.5) is 0 Å². The molecular formula is C16H20N4O2S. The van der Waals surface area contributed by atoms with Gasteiger partial charge >= 0.3 is 0 Å². The highest BCUT2D eigenvalue weighted by atomic mass is 32.2. The summed E-state index contributed by atoms with van der Waals surface area (Å²) in [5.74, 6) is 1.37. The van der Waals surface area contributed by atoms with E-state index in [4.69, 9.17) is 4.74 Å². The molecule has 0 aliphatic carbocycles. The molecule has 0 spiro atoms. The summed E-state index contributed by atoms with van der Waals surface area (Å²) in [4.78, 5) is 11.9. The standard InChI is InChI=1S/C16H20N4O2S/c1-5-10-17-15(21)11(2)23-16-19-18-14(20(16)3)12-8-6-7-9-13(12)22-4/h5-9,11H,1,10H2,2-4H3,(H,17,21). The van der Waals surface area contributed by atoms with E-state index in [0.29, 0.717) is 17.5 Å². The van der Waals surface area contributed by atoms with Crippen LogP contribution in [-0.4, -0.2) is 39.6 Å². The zero-order chi connectivity index (χ0) is 16.8. The molecule has 2 rings (SSSR count). The Balaban J connectivity index is 2.19. The lowest BCUT2D eigenvalue weighted by Crippen LogP contribution is -2.31. The summed E-state index contributed by atoms with van der Waals surface area (Å²) < 4.78 is 7.23. The topological polar surface area (TPSA) is 69.0 Å². The number of para-hydroxylation sites is 1. The highest BCUT2D eigenvalue weighted by molar-refractivity contribution is 8.00. The van der Waals surface area contributed by atoms with Crippen LogP contribution in [0.3, 0.4) is 0 Å². The lowest BCUT2D eigenvalue weighted by Gasteiger charge is -2.11. The number of nitrogens with one attached hydrogen (secondary N) is 1. The summed E-state index contributed by atoms with van der Waals surface area (Å²) in [5, 5.41) is 11.6. The number of amides is 1. The van der Waals surface area contributed by atoms with E-state index >= 15 is 0 Å². The highest BCUT2D eigenvalue weighted by Crippen LogP contribution is 2.30. The van der Waals surface area contributed by atoms with Crippen molar-refractivity contribution in [2.24, 2.45) is 7.05 Å². The van der Waals surface area contributed by atoms with E-state index in [1.54, 1.807) is 13.2 Å². The first-order valence-electron chi connectivity index (χ1n) is 7.16. The van der Waals surface area contributed by atoms with Crippen LogP contribution in [0.15, 0.2) is 42.1 Å². The van der Waals surface area contributed by atoms with E-state index in [2.05, 4.69) is 22.1 Å². The molecule has 1 N–H and O–H groups in total. The molecule has 0 aliphatic heterocycles. The summed E-state index contributed by atoms with van der Waals surface area (Å²) in [6, 6.07) is 7.63. The van der Waals surface area contributed by atoms with E-state index in [1.165, 1.54) is 11.8 Å². The van der Waals surface area contributed by atoms with E-state index in [1.807, 2.05) is 42.8 Å². The largest absolute Gasteiger partial charge is 0.496 e. The zero-order valence-electron chi connectivity index (χ0n) is 13.4. The summed E-state index contributed by atoms with van der Waals surface area (Å²) in [5.41, 5.74) is 0.862. The maximum atomic E-state index is 11.9. The van der Waals surface area contributed by atoms with E-state index in [0.717, 1.165) is 11.3 Å². The minimum atomic E-state index is -0.275. The molecule has 0 radical (unpaired) electrons. The van der Waals surface area contributed by atoms with E-state index in [9.17, 15) is 4.79 Å². The third kappa shape index (κ3) is 3.92. The fraction of sp³-hybridized carbons (Fsp3) is 0.312. The van der Waals surface area contributed by atoms with Gasteiger partial charge < -0.3 is 14.6 Å². The number of aromatic nitrogens is 3. The number of methoxy groups -OCH3 is 1. The smallest absolute Gasteiger partial charge is 0.233 e. The van der Waals surface area contributed by atoms with Gasteiger partial charge in [0.15, 0.2) is 11.0 Å². The average molecular weight is 332 g/mol. The third-order valence-corrected chi connectivity index (χ3v) is 4.39. The second-order valence-electron chi connectivity index (χ2n) is 4.86. The van der Waals surface area contributed by atoms with Gasteiger partial charge in [-0.05, 0) is 19.1 Å². The number of ether oxygens (including phenoxy) is 1. The molecule has 1 aromatic carbocycles. The molecule has 0 aliphatic rings. The Bertz CT molecular complexity index is 699. The first-order valence-corrected chi connectivity index (χ1v) is 8.04. The number of rotatable bonds is 7. The van der Waals surface area contributed by atoms with Crippen LogP contribution >= 0.6 is 11.8 Å². The van der Waals surface area contributed by atoms with Crippen LogP contribution in [0.5, 0.6) is 5.75 Å². The molecule has 6 nitrogen and oxygen atoms in total. The highest BCUT2D eigenvalue weighted by Gasteiger charge is 2.20. The number of hydrogen-bond acceptors (Lipinski definition) is 5. The molecule has 1 heterocycles. The Hall–Kier alpha value is -2.28. The van der Waals surface area contributed by atoms with E-state index < -0.39 is 0 Å². The van der Waals surface area contributed by atoms with Crippen LogP contribution in [0.1, 0.15) is 6.92 Å². The van der Waals surface area contributed by atoms with Gasteiger partial charge in [-0.25, -0.2) is 0 Å². The zero-order valence-corrected chi connectivity index (χ0v) is 14.3. The molecule has 0 saturated heterocycles. The van der Waals surface area contributed by atoms with Crippen LogP contribution in [0, 0.1) is 0 Å². The summed E-state index contributed by atoms with van der Waals surface area (Å²) in [6.45, 7) is 5.87. The molecule has 0 saturated carbocycles. The average Bonchev–Trinajstić information content (AvgIpc) is 2.93. The second kappa shape index (κ2) is 7.82. The molecule has 1 aromatic heterocycles. The maximum absolute atomic E-state index is 11.9. The van der Waals surface area contributed by atoms with Gasteiger partial charge in [-0.3, -0.25) is 4.79 Å². The number of hydrogen-bond donors (Lipinski definition) is 1. The van der Waals surface area contributed by atoms with Crippen molar-refractivity contribution in [3.8, 4) is 17.1 Å². The molecule has 7 heteroatoms. The molecule has 1 atom stereocenters.